The fourth-order valence-electron chi connectivity index (χ4n) is 2.41. The van der Waals surface area contributed by atoms with Crippen molar-refractivity contribution in [1.82, 2.24) is 10.6 Å². The summed E-state index contributed by atoms with van der Waals surface area (Å²) in [6.45, 7) is 5.68. The highest BCUT2D eigenvalue weighted by molar-refractivity contribution is 5.97. The molecule has 3 amide bonds. The molecule has 0 heterocycles. The van der Waals surface area contributed by atoms with Crippen LogP contribution in [0.3, 0.4) is 0 Å². The normalized spacial score (nSPS) is 11.4. The molecule has 0 radical (unpaired) electrons. The van der Waals surface area contributed by atoms with Gasteiger partial charge in [-0.05, 0) is 43.0 Å². The molecule has 2 N–H and O–H groups in total. The highest BCUT2D eigenvalue weighted by Gasteiger charge is 2.20. The maximum absolute atomic E-state index is 12.0. The second-order valence-electron chi connectivity index (χ2n) is 6.39. The second-order valence-corrected chi connectivity index (χ2v) is 6.39. The van der Waals surface area contributed by atoms with Gasteiger partial charge in [0.25, 0.3) is 5.91 Å². The topological polar surface area (TPSA) is 84.5 Å². The maximum atomic E-state index is 12.0. The molecule has 6 heteroatoms. The van der Waals surface area contributed by atoms with Crippen molar-refractivity contribution in [3.8, 4) is 0 Å². The van der Waals surface area contributed by atoms with E-state index in [9.17, 15) is 14.4 Å². The summed E-state index contributed by atoms with van der Waals surface area (Å²) in [7, 11) is 0. The van der Waals surface area contributed by atoms with Crippen molar-refractivity contribution in [2.45, 2.75) is 39.8 Å². The van der Waals surface area contributed by atoms with Crippen LogP contribution in [0.4, 0.5) is 4.79 Å². The van der Waals surface area contributed by atoms with Crippen LogP contribution >= 0.6 is 0 Å². The maximum Gasteiger partial charge on any atom is 0.321 e. The van der Waals surface area contributed by atoms with Crippen molar-refractivity contribution in [2.24, 2.45) is 0 Å². The van der Waals surface area contributed by atoms with Crippen LogP contribution in [0.2, 0.25) is 0 Å². The monoisotopic (exact) mass is 368 g/mol. The molecule has 0 aliphatic carbocycles. The Morgan fingerprint density at radius 2 is 1.67 bits per heavy atom. The minimum absolute atomic E-state index is 0.0684. The summed E-state index contributed by atoms with van der Waals surface area (Å²) in [6, 6.07) is 14.4. The molecule has 6 nitrogen and oxygen atoms in total. The number of amides is 3. The first-order valence-electron chi connectivity index (χ1n) is 8.73. The van der Waals surface area contributed by atoms with Crippen molar-refractivity contribution in [2.75, 3.05) is 0 Å². The summed E-state index contributed by atoms with van der Waals surface area (Å²) in [6.07, 6.45) is -0.995. The summed E-state index contributed by atoms with van der Waals surface area (Å²) in [5.41, 5.74) is 3.95. The van der Waals surface area contributed by atoms with E-state index < -0.39 is 24.0 Å². The number of nitrogens with one attached hydrogen (secondary N) is 2. The van der Waals surface area contributed by atoms with Crippen LogP contribution in [-0.2, 0) is 27.3 Å². The average Bonchev–Trinajstić information content (AvgIpc) is 2.63. The Balaban J connectivity index is 1.77. The zero-order chi connectivity index (χ0) is 19.8. The minimum Gasteiger partial charge on any atom is -0.452 e. The number of ether oxygens (including phenoxy) is 1. The third-order valence-corrected chi connectivity index (χ3v) is 4.13. The largest absolute Gasteiger partial charge is 0.452 e. The van der Waals surface area contributed by atoms with Gasteiger partial charge in [0.2, 0.25) is 0 Å². The minimum atomic E-state index is -1.06. The first-order chi connectivity index (χ1) is 12.8. The Hall–Kier alpha value is -3.15. The zero-order valence-corrected chi connectivity index (χ0v) is 15.7. The predicted molar refractivity (Wildman–Crippen MR) is 102 cm³/mol. The number of carbonyl (C=O) groups excluding carboxylic acids is 3. The van der Waals surface area contributed by atoms with Crippen LogP contribution in [0.15, 0.2) is 48.5 Å². The van der Waals surface area contributed by atoms with E-state index in [0.717, 1.165) is 22.3 Å². The van der Waals surface area contributed by atoms with E-state index in [-0.39, 0.29) is 6.42 Å². The van der Waals surface area contributed by atoms with E-state index in [2.05, 4.69) is 10.6 Å². The van der Waals surface area contributed by atoms with Gasteiger partial charge < -0.3 is 10.1 Å². The summed E-state index contributed by atoms with van der Waals surface area (Å²) in [5.74, 6) is -1.19. The van der Waals surface area contributed by atoms with Gasteiger partial charge in [0.15, 0.2) is 6.10 Å². The Labute approximate surface area is 158 Å². The first-order valence-corrected chi connectivity index (χ1v) is 8.73. The third-order valence-electron chi connectivity index (χ3n) is 4.13. The molecule has 2 aromatic carbocycles. The van der Waals surface area contributed by atoms with E-state index in [1.165, 1.54) is 6.92 Å². The van der Waals surface area contributed by atoms with Crippen LogP contribution in [0.25, 0.3) is 0 Å². The first kappa shape index (κ1) is 20.2. The molecule has 0 aromatic heterocycles. The Kier molecular flexibility index (Phi) is 7.11. The molecule has 0 fully saturated rings. The Morgan fingerprint density at radius 1 is 0.963 bits per heavy atom. The number of esters is 1. The molecule has 0 saturated carbocycles. The molecule has 0 aliphatic heterocycles. The molecule has 142 valence electrons. The standard InChI is InChI=1S/C21H24N2O4/c1-14-9-10-18(11-15(14)2)12-19(24)27-16(3)20(25)23-21(26)22-13-17-7-5-4-6-8-17/h4-11,16H,12-13H2,1-3H3,(H2,22,23,25,26)/t16-/m0/s1. The Morgan fingerprint density at radius 3 is 2.33 bits per heavy atom. The lowest BCUT2D eigenvalue weighted by atomic mass is 10.0. The predicted octanol–water partition coefficient (Wildman–Crippen LogP) is 2.80. The SMILES string of the molecule is Cc1ccc(CC(=O)O[C@@H](C)C(=O)NC(=O)NCc2ccccc2)cc1C. The number of carbonyl (C=O) groups is 3. The molecular formula is C21H24N2O4. The van der Waals surface area contributed by atoms with Gasteiger partial charge in [-0.15, -0.1) is 0 Å². The number of benzene rings is 2. The second kappa shape index (κ2) is 9.52. The molecule has 27 heavy (non-hydrogen) atoms. The summed E-state index contributed by atoms with van der Waals surface area (Å²) >= 11 is 0. The van der Waals surface area contributed by atoms with Crippen molar-refractivity contribution < 1.29 is 19.1 Å². The summed E-state index contributed by atoms with van der Waals surface area (Å²) < 4.78 is 5.12. The van der Waals surface area contributed by atoms with Gasteiger partial charge >= 0.3 is 12.0 Å². The van der Waals surface area contributed by atoms with E-state index in [4.69, 9.17) is 4.74 Å². The highest BCUT2D eigenvalue weighted by atomic mass is 16.5. The van der Waals surface area contributed by atoms with Crippen LogP contribution in [-0.4, -0.2) is 24.0 Å². The van der Waals surface area contributed by atoms with Crippen LogP contribution in [0.5, 0.6) is 0 Å². The highest BCUT2D eigenvalue weighted by Crippen LogP contribution is 2.11. The van der Waals surface area contributed by atoms with Crippen LogP contribution < -0.4 is 10.6 Å². The van der Waals surface area contributed by atoms with Gasteiger partial charge in [-0.25, -0.2) is 4.79 Å². The van der Waals surface area contributed by atoms with E-state index >= 15 is 0 Å². The fraction of sp³-hybridized carbons (Fsp3) is 0.286. The van der Waals surface area contributed by atoms with Crippen LogP contribution in [0, 0.1) is 13.8 Å². The van der Waals surface area contributed by atoms with E-state index in [0.29, 0.717) is 6.54 Å². The van der Waals surface area contributed by atoms with Gasteiger partial charge in [-0.3, -0.25) is 14.9 Å². The number of hydrogen-bond acceptors (Lipinski definition) is 4. The molecule has 1 atom stereocenters. The number of urea groups is 1. The van der Waals surface area contributed by atoms with Gasteiger partial charge in [-0.2, -0.15) is 0 Å². The van der Waals surface area contributed by atoms with Gasteiger partial charge in [0.1, 0.15) is 0 Å². The van der Waals surface area contributed by atoms with Gasteiger partial charge in [0, 0.05) is 6.54 Å². The quantitative estimate of drug-likeness (QED) is 0.768. The van der Waals surface area contributed by atoms with E-state index in [1.54, 1.807) is 0 Å². The van der Waals surface area contributed by atoms with Gasteiger partial charge in [-0.1, -0.05) is 48.5 Å². The molecule has 2 rings (SSSR count). The average molecular weight is 368 g/mol. The van der Waals surface area contributed by atoms with Crippen molar-refractivity contribution >= 4 is 17.9 Å². The van der Waals surface area contributed by atoms with Gasteiger partial charge in [0.05, 0.1) is 6.42 Å². The Bertz CT molecular complexity index is 818. The lowest BCUT2D eigenvalue weighted by Gasteiger charge is -2.14. The van der Waals surface area contributed by atoms with E-state index in [1.807, 2.05) is 62.4 Å². The van der Waals surface area contributed by atoms with Crippen molar-refractivity contribution in [3.63, 3.8) is 0 Å². The number of hydrogen-bond donors (Lipinski definition) is 2. The molecular weight excluding hydrogens is 344 g/mol. The fourth-order valence-corrected chi connectivity index (χ4v) is 2.41. The molecule has 0 saturated heterocycles. The lowest BCUT2D eigenvalue weighted by molar-refractivity contribution is -0.153. The van der Waals surface area contributed by atoms with Crippen LogP contribution in [0.1, 0.15) is 29.2 Å². The smallest absolute Gasteiger partial charge is 0.321 e. The summed E-state index contributed by atoms with van der Waals surface area (Å²) in [4.78, 5) is 35.8. The molecule has 0 bridgehead atoms. The molecule has 0 aliphatic rings. The number of rotatable bonds is 6. The molecule has 0 unspecified atom stereocenters. The molecule has 0 spiro atoms. The number of aryl methyl sites for hydroxylation is 2. The third kappa shape index (κ3) is 6.58. The summed E-state index contributed by atoms with van der Waals surface area (Å²) in [5, 5.41) is 4.75. The number of imide groups is 1. The van der Waals surface area contributed by atoms with Crippen molar-refractivity contribution in [3.05, 3.63) is 70.8 Å². The van der Waals surface area contributed by atoms with Crippen molar-refractivity contribution in [1.29, 1.82) is 0 Å². The zero-order valence-electron chi connectivity index (χ0n) is 15.7. The lowest BCUT2D eigenvalue weighted by Crippen LogP contribution is -2.44. The molecule has 2 aromatic rings.